The van der Waals surface area contributed by atoms with Gasteiger partial charge in [0, 0.05) is 12.5 Å². The highest BCUT2D eigenvalue weighted by Gasteiger charge is 2.29. The Hall–Kier alpha value is -1.76. The molecule has 1 amide bonds. The minimum Gasteiger partial charge on any atom is -0.486 e. The topological polar surface area (TPSA) is 81.7 Å². The largest absolute Gasteiger partial charge is 0.486 e. The number of ether oxygens (including phenoxy) is 2. The van der Waals surface area contributed by atoms with Crippen molar-refractivity contribution in [2.75, 3.05) is 24.7 Å². The molecule has 0 bridgehead atoms. The van der Waals surface area contributed by atoms with Crippen LogP contribution in [0.1, 0.15) is 31.2 Å². The third-order valence-electron chi connectivity index (χ3n) is 4.22. The minimum atomic E-state index is -2.98. The van der Waals surface area contributed by atoms with Gasteiger partial charge in [-0.3, -0.25) is 4.79 Å². The second-order valence-corrected chi connectivity index (χ2v) is 8.40. The maximum atomic E-state index is 12.1. The molecule has 1 aromatic rings. The smallest absolute Gasteiger partial charge is 0.220 e. The SMILES string of the molecule is CC(CC(=O)NC1CCS(=O)(=O)C1)c1ccc2c(c1)OCCO2. The maximum absolute atomic E-state index is 12.1. The number of nitrogens with one attached hydrogen (secondary N) is 1. The van der Waals surface area contributed by atoms with Crippen LogP contribution in [-0.4, -0.2) is 45.1 Å². The predicted octanol–water partition coefficient (Wildman–Crippen LogP) is 1.25. The van der Waals surface area contributed by atoms with Gasteiger partial charge >= 0.3 is 0 Å². The lowest BCUT2D eigenvalue weighted by Gasteiger charge is -2.20. The first kappa shape index (κ1) is 16.1. The summed E-state index contributed by atoms with van der Waals surface area (Å²) in [5, 5.41) is 2.82. The highest BCUT2D eigenvalue weighted by molar-refractivity contribution is 7.91. The average molecular weight is 339 g/mol. The molecule has 23 heavy (non-hydrogen) atoms. The Balaban J connectivity index is 1.58. The molecule has 1 saturated heterocycles. The van der Waals surface area contributed by atoms with Crippen LogP contribution in [0, 0.1) is 0 Å². The van der Waals surface area contributed by atoms with Gasteiger partial charge in [-0.25, -0.2) is 8.42 Å². The van der Waals surface area contributed by atoms with E-state index < -0.39 is 9.84 Å². The van der Waals surface area contributed by atoms with Gasteiger partial charge in [-0.2, -0.15) is 0 Å². The van der Waals surface area contributed by atoms with Gasteiger partial charge in [-0.05, 0) is 30.0 Å². The highest BCUT2D eigenvalue weighted by atomic mass is 32.2. The fraction of sp³-hybridized carbons (Fsp3) is 0.562. The Morgan fingerprint density at radius 1 is 1.30 bits per heavy atom. The monoisotopic (exact) mass is 339 g/mol. The molecule has 2 unspecified atom stereocenters. The first-order chi connectivity index (χ1) is 10.9. The van der Waals surface area contributed by atoms with Crippen LogP contribution in [-0.2, 0) is 14.6 Å². The van der Waals surface area contributed by atoms with Crippen molar-refractivity contribution >= 4 is 15.7 Å². The van der Waals surface area contributed by atoms with Crippen molar-refractivity contribution in [1.29, 1.82) is 0 Å². The summed E-state index contributed by atoms with van der Waals surface area (Å²) in [7, 11) is -2.98. The van der Waals surface area contributed by atoms with E-state index in [1.54, 1.807) is 0 Å². The molecule has 6 nitrogen and oxygen atoms in total. The van der Waals surface area contributed by atoms with Crippen molar-refractivity contribution in [2.45, 2.75) is 31.7 Å². The van der Waals surface area contributed by atoms with Crippen molar-refractivity contribution in [1.82, 2.24) is 5.32 Å². The minimum absolute atomic E-state index is 0.0174. The van der Waals surface area contributed by atoms with E-state index in [0.29, 0.717) is 31.8 Å². The van der Waals surface area contributed by atoms with Gasteiger partial charge in [0.2, 0.25) is 5.91 Å². The Bertz CT molecular complexity index is 700. The van der Waals surface area contributed by atoms with Crippen LogP contribution in [0.2, 0.25) is 0 Å². The summed E-state index contributed by atoms with van der Waals surface area (Å²) in [6.07, 6.45) is 0.822. The molecule has 2 aliphatic rings. The van der Waals surface area contributed by atoms with Gasteiger partial charge in [-0.1, -0.05) is 13.0 Å². The van der Waals surface area contributed by atoms with Crippen molar-refractivity contribution in [3.63, 3.8) is 0 Å². The molecular formula is C16H21NO5S. The van der Waals surface area contributed by atoms with Crippen LogP contribution >= 0.6 is 0 Å². The normalized spacial score (nSPS) is 23.3. The van der Waals surface area contributed by atoms with Crippen molar-refractivity contribution in [2.24, 2.45) is 0 Å². The number of fused-ring (bicyclic) bond motifs is 1. The summed E-state index contributed by atoms with van der Waals surface area (Å²) in [5.41, 5.74) is 1.00. The molecule has 1 N–H and O–H groups in total. The van der Waals surface area contributed by atoms with Gasteiger partial charge in [-0.15, -0.1) is 0 Å². The summed E-state index contributed by atoms with van der Waals surface area (Å²) in [6, 6.07) is 5.46. The molecule has 0 spiro atoms. The van der Waals surface area contributed by atoms with Crippen LogP contribution in [0.15, 0.2) is 18.2 Å². The number of carbonyl (C=O) groups is 1. The summed E-state index contributed by atoms with van der Waals surface area (Å²) in [5.74, 6) is 1.56. The Morgan fingerprint density at radius 3 is 2.74 bits per heavy atom. The molecule has 2 aliphatic heterocycles. The number of amides is 1. The van der Waals surface area contributed by atoms with Gasteiger partial charge in [0.15, 0.2) is 21.3 Å². The summed E-state index contributed by atoms with van der Waals surface area (Å²) < 4.78 is 33.9. The van der Waals surface area contributed by atoms with Crippen molar-refractivity contribution < 1.29 is 22.7 Å². The number of benzene rings is 1. The fourth-order valence-corrected chi connectivity index (χ4v) is 4.63. The van der Waals surface area contributed by atoms with E-state index in [4.69, 9.17) is 9.47 Å². The lowest BCUT2D eigenvalue weighted by molar-refractivity contribution is -0.121. The van der Waals surface area contributed by atoms with E-state index in [-0.39, 0.29) is 29.4 Å². The number of carbonyl (C=O) groups excluding carboxylic acids is 1. The Kier molecular flexibility index (Phi) is 4.48. The molecule has 0 aromatic heterocycles. The van der Waals surface area contributed by atoms with Gasteiger partial charge < -0.3 is 14.8 Å². The molecule has 1 aromatic carbocycles. The van der Waals surface area contributed by atoms with E-state index >= 15 is 0 Å². The lowest BCUT2D eigenvalue weighted by atomic mass is 9.96. The standard InChI is InChI=1S/C16H21NO5S/c1-11(8-16(18)17-13-4-7-23(19,20)10-13)12-2-3-14-15(9-12)22-6-5-21-14/h2-3,9,11,13H,4-8,10H2,1H3,(H,17,18). The van der Waals surface area contributed by atoms with E-state index in [2.05, 4.69) is 5.32 Å². The van der Waals surface area contributed by atoms with Crippen LogP contribution in [0.5, 0.6) is 11.5 Å². The fourth-order valence-electron chi connectivity index (χ4n) is 2.96. The zero-order valence-corrected chi connectivity index (χ0v) is 13.9. The van der Waals surface area contributed by atoms with Crippen LogP contribution in [0.3, 0.4) is 0 Å². The third-order valence-corrected chi connectivity index (χ3v) is 5.99. The van der Waals surface area contributed by atoms with Crippen LogP contribution in [0.4, 0.5) is 0 Å². The molecule has 0 radical (unpaired) electrons. The van der Waals surface area contributed by atoms with E-state index in [9.17, 15) is 13.2 Å². The second kappa shape index (κ2) is 6.39. The van der Waals surface area contributed by atoms with Gasteiger partial charge in [0.25, 0.3) is 0 Å². The number of hydrogen-bond acceptors (Lipinski definition) is 5. The van der Waals surface area contributed by atoms with E-state index in [0.717, 1.165) is 11.3 Å². The number of rotatable bonds is 4. The van der Waals surface area contributed by atoms with Crippen molar-refractivity contribution in [3.8, 4) is 11.5 Å². The molecule has 2 atom stereocenters. The molecule has 126 valence electrons. The summed E-state index contributed by atoms with van der Waals surface area (Å²) in [6.45, 7) is 3.05. The molecule has 3 rings (SSSR count). The second-order valence-electron chi connectivity index (χ2n) is 6.18. The Morgan fingerprint density at radius 2 is 2.04 bits per heavy atom. The quantitative estimate of drug-likeness (QED) is 0.893. The summed E-state index contributed by atoms with van der Waals surface area (Å²) >= 11 is 0. The van der Waals surface area contributed by atoms with Crippen LogP contribution < -0.4 is 14.8 Å². The zero-order valence-electron chi connectivity index (χ0n) is 13.1. The first-order valence-electron chi connectivity index (χ1n) is 7.82. The predicted molar refractivity (Wildman–Crippen MR) is 85.7 cm³/mol. The molecule has 7 heteroatoms. The molecule has 2 heterocycles. The summed E-state index contributed by atoms with van der Waals surface area (Å²) in [4.78, 5) is 12.1. The third kappa shape index (κ3) is 3.96. The molecule has 0 saturated carbocycles. The van der Waals surface area contributed by atoms with Gasteiger partial charge in [0.05, 0.1) is 11.5 Å². The number of hydrogen-bond donors (Lipinski definition) is 1. The van der Waals surface area contributed by atoms with Crippen LogP contribution in [0.25, 0.3) is 0 Å². The van der Waals surface area contributed by atoms with Crippen molar-refractivity contribution in [3.05, 3.63) is 23.8 Å². The molecule has 0 aliphatic carbocycles. The first-order valence-corrected chi connectivity index (χ1v) is 9.64. The zero-order chi connectivity index (χ0) is 16.4. The maximum Gasteiger partial charge on any atom is 0.220 e. The van der Waals surface area contributed by atoms with E-state index in [1.165, 1.54) is 0 Å². The Labute approximate surface area is 136 Å². The molecule has 1 fully saturated rings. The van der Waals surface area contributed by atoms with E-state index in [1.807, 2.05) is 25.1 Å². The molecular weight excluding hydrogens is 318 g/mol. The van der Waals surface area contributed by atoms with Gasteiger partial charge in [0.1, 0.15) is 13.2 Å². The lowest BCUT2D eigenvalue weighted by Crippen LogP contribution is -2.36. The highest BCUT2D eigenvalue weighted by Crippen LogP contribution is 2.33. The number of sulfone groups is 1. The average Bonchev–Trinajstić information content (AvgIpc) is 2.85.